The molecule has 0 bridgehead atoms. The fraction of sp³-hybridized carbons (Fsp3) is 0.0714. The molecule has 0 radical (unpaired) electrons. The van der Waals surface area contributed by atoms with Crippen molar-refractivity contribution in [3.05, 3.63) is 63.0 Å². The highest BCUT2D eigenvalue weighted by Crippen LogP contribution is 2.32. The van der Waals surface area contributed by atoms with Gasteiger partial charge in [0.05, 0.1) is 12.1 Å². The Morgan fingerprint density at radius 1 is 1.14 bits per heavy atom. The topological polar surface area (TPSA) is 54.5 Å². The highest BCUT2D eigenvalue weighted by molar-refractivity contribution is 14.1. The lowest BCUT2D eigenvalue weighted by Gasteiger charge is -2.15. The minimum absolute atomic E-state index is 0.0100. The summed E-state index contributed by atoms with van der Waals surface area (Å²) in [6, 6.07) is 10.2. The van der Waals surface area contributed by atoms with E-state index in [4.69, 9.17) is 0 Å². The highest BCUT2D eigenvalue weighted by atomic mass is 127. The lowest BCUT2D eigenvalue weighted by atomic mass is 10.2. The molecular weight excluding hydrogens is 408 g/mol. The Balaban J connectivity index is 2.04. The molecule has 21 heavy (non-hydrogen) atoms. The molecule has 0 atom stereocenters. The van der Waals surface area contributed by atoms with Crippen LogP contribution in [0.3, 0.4) is 0 Å². The van der Waals surface area contributed by atoms with Crippen LogP contribution in [0.2, 0.25) is 0 Å². The van der Waals surface area contributed by atoms with Gasteiger partial charge in [-0.15, -0.1) is 0 Å². The molecule has 4 nitrogen and oxygen atoms in total. The molecule has 1 aliphatic rings. The average Bonchev–Trinajstić information content (AvgIpc) is 2.60. The van der Waals surface area contributed by atoms with E-state index in [1.807, 2.05) is 22.6 Å². The zero-order chi connectivity index (χ0) is 15.2. The monoisotopic (exact) mass is 417 g/mol. The molecule has 7 heteroatoms. The van der Waals surface area contributed by atoms with Crippen LogP contribution in [0.15, 0.2) is 47.4 Å². The number of carbonyl (C=O) groups is 1. The first-order valence-corrected chi connectivity index (χ1v) is 8.52. The van der Waals surface area contributed by atoms with Gasteiger partial charge < -0.3 is 0 Å². The lowest BCUT2D eigenvalue weighted by molar-refractivity contribution is 0.0865. The van der Waals surface area contributed by atoms with Crippen molar-refractivity contribution in [3.63, 3.8) is 0 Å². The van der Waals surface area contributed by atoms with Gasteiger partial charge in [0, 0.05) is 3.57 Å². The Kier molecular flexibility index (Phi) is 3.48. The molecule has 0 unspecified atom stereocenters. The Bertz CT molecular complexity index is 851. The van der Waals surface area contributed by atoms with Crippen LogP contribution in [0.25, 0.3) is 0 Å². The maximum Gasteiger partial charge on any atom is 0.269 e. The van der Waals surface area contributed by atoms with Gasteiger partial charge in [0.15, 0.2) is 0 Å². The van der Waals surface area contributed by atoms with Crippen LogP contribution < -0.4 is 0 Å². The van der Waals surface area contributed by atoms with Crippen molar-refractivity contribution >= 4 is 38.5 Å². The molecule has 1 amide bonds. The summed E-state index contributed by atoms with van der Waals surface area (Å²) in [5, 5.41) is 0. The summed E-state index contributed by atoms with van der Waals surface area (Å²) >= 11 is 1.99. The van der Waals surface area contributed by atoms with E-state index in [0.717, 1.165) is 7.88 Å². The van der Waals surface area contributed by atoms with Crippen LogP contribution in [-0.4, -0.2) is 18.6 Å². The van der Waals surface area contributed by atoms with Gasteiger partial charge in [0.1, 0.15) is 10.7 Å². The van der Waals surface area contributed by atoms with Gasteiger partial charge in [-0.1, -0.05) is 12.1 Å². The number of hydrogen-bond donors (Lipinski definition) is 0. The van der Waals surface area contributed by atoms with Crippen molar-refractivity contribution in [2.75, 3.05) is 0 Å². The van der Waals surface area contributed by atoms with Crippen molar-refractivity contribution in [3.8, 4) is 0 Å². The molecule has 0 fully saturated rings. The first-order chi connectivity index (χ1) is 9.89. The number of carbonyl (C=O) groups excluding carboxylic acids is 1. The number of sulfonamides is 1. The Morgan fingerprint density at radius 2 is 1.90 bits per heavy atom. The normalized spacial score (nSPS) is 16.1. The lowest BCUT2D eigenvalue weighted by Crippen LogP contribution is -2.29. The Hall–Kier alpha value is -1.48. The van der Waals surface area contributed by atoms with E-state index in [9.17, 15) is 17.6 Å². The molecule has 0 aromatic heterocycles. The van der Waals surface area contributed by atoms with Crippen molar-refractivity contribution in [1.29, 1.82) is 0 Å². The summed E-state index contributed by atoms with van der Waals surface area (Å²) in [7, 11) is -3.87. The van der Waals surface area contributed by atoms with E-state index in [1.165, 1.54) is 30.3 Å². The fourth-order valence-electron chi connectivity index (χ4n) is 2.21. The van der Waals surface area contributed by atoms with Gasteiger partial charge in [0.25, 0.3) is 15.9 Å². The standard InChI is InChI=1S/C14H9FINO3S/c15-10-3-1-2-9(6-10)8-17-14(18)12-5-4-11(16)7-13(12)21(17,19)20/h1-7H,8H2. The minimum Gasteiger partial charge on any atom is -0.268 e. The van der Waals surface area contributed by atoms with Gasteiger partial charge >= 0.3 is 0 Å². The molecular formula is C14H9FINO3S. The molecule has 0 saturated heterocycles. The van der Waals surface area contributed by atoms with Gasteiger partial charge in [-0.25, -0.2) is 17.1 Å². The first kappa shape index (κ1) is 14.5. The predicted molar refractivity (Wildman–Crippen MR) is 82.6 cm³/mol. The third-order valence-corrected chi connectivity index (χ3v) is 5.62. The van der Waals surface area contributed by atoms with Crippen LogP contribution in [0.5, 0.6) is 0 Å². The second kappa shape index (κ2) is 5.06. The maximum absolute atomic E-state index is 13.2. The Morgan fingerprint density at radius 3 is 2.62 bits per heavy atom. The zero-order valence-electron chi connectivity index (χ0n) is 10.6. The number of halogens is 2. The largest absolute Gasteiger partial charge is 0.269 e. The molecule has 1 aliphatic heterocycles. The molecule has 1 heterocycles. The molecule has 2 aromatic rings. The van der Waals surface area contributed by atoms with Crippen LogP contribution in [-0.2, 0) is 16.6 Å². The SMILES string of the molecule is O=C1c2ccc(I)cc2S(=O)(=O)N1Cc1cccc(F)c1. The summed E-state index contributed by atoms with van der Waals surface area (Å²) in [5.41, 5.74) is 0.584. The average molecular weight is 417 g/mol. The maximum atomic E-state index is 13.2. The van der Waals surface area contributed by atoms with Crippen molar-refractivity contribution in [1.82, 2.24) is 4.31 Å². The number of benzene rings is 2. The minimum atomic E-state index is -3.87. The number of hydrogen-bond acceptors (Lipinski definition) is 3. The molecule has 2 aromatic carbocycles. The van der Waals surface area contributed by atoms with Gasteiger partial charge in [0.2, 0.25) is 0 Å². The molecule has 0 aliphatic carbocycles. The highest BCUT2D eigenvalue weighted by Gasteiger charge is 2.41. The molecule has 0 saturated carbocycles. The van der Waals surface area contributed by atoms with Gasteiger partial charge in [-0.05, 0) is 58.5 Å². The van der Waals surface area contributed by atoms with E-state index in [0.29, 0.717) is 5.56 Å². The van der Waals surface area contributed by atoms with Crippen molar-refractivity contribution in [2.24, 2.45) is 0 Å². The number of amides is 1. The second-order valence-electron chi connectivity index (χ2n) is 4.59. The van der Waals surface area contributed by atoms with Gasteiger partial charge in [-0.3, -0.25) is 4.79 Å². The predicted octanol–water partition coefficient (Wildman–Crippen LogP) is 2.78. The van der Waals surface area contributed by atoms with Gasteiger partial charge in [-0.2, -0.15) is 0 Å². The number of fused-ring (bicyclic) bond motifs is 1. The molecule has 0 spiro atoms. The first-order valence-electron chi connectivity index (χ1n) is 6.00. The molecule has 108 valence electrons. The van der Waals surface area contributed by atoms with E-state index < -0.39 is 21.7 Å². The second-order valence-corrected chi connectivity index (χ2v) is 7.66. The third kappa shape index (κ3) is 2.44. The molecule has 3 rings (SSSR count). The quantitative estimate of drug-likeness (QED) is 0.707. The van der Waals surface area contributed by atoms with Crippen molar-refractivity contribution in [2.45, 2.75) is 11.4 Å². The van der Waals surface area contributed by atoms with E-state index in [1.54, 1.807) is 12.1 Å². The third-order valence-electron chi connectivity index (χ3n) is 3.18. The van der Waals surface area contributed by atoms with E-state index >= 15 is 0 Å². The van der Waals surface area contributed by atoms with Crippen LogP contribution in [0.1, 0.15) is 15.9 Å². The molecule has 0 N–H and O–H groups in total. The van der Waals surface area contributed by atoms with E-state index in [-0.39, 0.29) is 17.0 Å². The summed E-state index contributed by atoms with van der Waals surface area (Å²) < 4.78 is 39.6. The van der Waals surface area contributed by atoms with E-state index in [2.05, 4.69) is 0 Å². The smallest absolute Gasteiger partial charge is 0.268 e. The summed E-state index contributed by atoms with van der Waals surface area (Å²) in [4.78, 5) is 12.3. The van der Waals surface area contributed by atoms with Crippen LogP contribution in [0.4, 0.5) is 4.39 Å². The zero-order valence-corrected chi connectivity index (χ0v) is 13.6. The summed E-state index contributed by atoms with van der Waals surface area (Å²) in [5.74, 6) is -1.05. The fourth-order valence-corrected chi connectivity index (χ4v) is 4.49. The summed E-state index contributed by atoms with van der Waals surface area (Å²) in [6.07, 6.45) is 0. The number of rotatable bonds is 2. The van der Waals surface area contributed by atoms with Crippen LogP contribution in [0, 0.1) is 9.39 Å². The number of nitrogens with zero attached hydrogens (tertiary/aromatic N) is 1. The Labute approximate surface area is 134 Å². The van der Waals surface area contributed by atoms with Crippen molar-refractivity contribution < 1.29 is 17.6 Å². The summed E-state index contributed by atoms with van der Waals surface area (Å²) in [6.45, 7) is -0.176. The van der Waals surface area contributed by atoms with Crippen LogP contribution >= 0.6 is 22.6 Å².